The molecule has 0 atom stereocenters. The Morgan fingerprint density at radius 2 is 2.33 bits per heavy atom. The van der Waals surface area contributed by atoms with Crippen LogP contribution in [0.3, 0.4) is 0 Å². The van der Waals surface area contributed by atoms with E-state index >= 15 is 0 Å². The molecule has 0 saturated carbocycles. The standard InChI is InChI=1S/C8H11N3O/c1-10-5-2-6-11-7(10)3-4-9-8(11)12/h3-4H,2,5-6H2,1H3. The quantitative estimate of drug-likeness (QED) is 0.546. The molecule has 12 heavy (non-hydrogen) atoms. The van der Waals surface area contributed by atoms with Crippen LogP contribution in [0, 0.1) is 0 Å². The van der Waals surface area contributed by atoms with E-state index in [1.807, 2.05) is 13.1 Å². The molecule has 0 unspecified atom stereocenters. The monoisotopic (exact) mass is 165 g/mol. The van der Waals surface area contributed by atoms with E-state index in [4.69, 9.17) is 0 Å². The van der Waals surface area contributed by atoms with Gasteiger partial charge in [0.25, 0.3) is 0 Å². The number of anilines is 1. The molecule has 4 nitrogen and oxygen atoms in total. The molecule has 0 radical (unpaired) electrons. The van der Waals surface area contributed by atoms with Crippen LogP contribution in [0.15, 0.2) is 17.1 Å². The third kappa shape index (κ3) is 0.995. The minimum Gasteiger partial charge on any atom is -0.361 e. The normalized spacial score (nSPS) is 15.9. The Hall–Kier alpha value is -1.32. The molecule has 2 rings (SSSR count). The summed E-state index contributed by atoms with van der Waals surface area (Å²) < 4.78 is 1.71. The molecule has 1 aromatic heterocycles. The van der Waals surface area contributed by atoms with Gasteiger partial charge in [0.1, 0.15) is 5.82 Å². The first-order chi connectivity index (χ1) is 5.79. The summed E-state index contributed by atoms with van der Waals surface area (Å²) in [6.45, 7) is 1.82. The smallest absolute Gasteiger partial charge is 0.349 e. The molecule has 0 amide bonds. The lowest BCUT2D eigenvalue weighted by molar-refractivity contribution is 0.554. The number of fused-ring (bicyclic) bond motifs is 1. The fourth-order valence-electron chi connectivity index (χ4n) is 1.55. The van der Waals surface area contributed by atoms with Crippen LogP contribution in [0.25, 0.3) is 0 Å². The van der Waals surface area contributed by atoms with Gasteiger partial charge in [0.2, 0.25) is 0 Å². The van der Waals surface area contributed by atoms with E-state index in [0.29, 0.717) is 0 Å². The molecule has 4 heteroatoms. The zero-order valence-electron chi connectivity index (χ0n) is 7.03. The lowest BCUT2D eigenvalue weighted by Gasteiger charge is -2.27. The second-order valence-corrected chi connectivity index (χ2v) is 3.01. The summed E-state index contributed by atoms with van der Waals surface area (Å²) in [7, 11) is 1.99. The van der Waals surface area contributed by atoms with Gasteiger partial charge in [-0.1, -0.05) is 0 Å². The molecule has 0 aromatic carbocycles. The zero-order chi connectivity index (χ0) is 8.55. The van der Waals surface area contributed by atoms with Crippen LogP contribution < -0.4 is 10.6 Å². The van der Waals surface area contributed by atoms with E-state index in [1.54, 1.807) is 10.8 Å². The first kappa shape index (κ1) is 7.34. The van der Waals surface area contributed by atoms with Gasteiger partial charge in [-0.05, 0) is 12.5 Å². The SMILES string of the molecule is CN1CCCn2c1ccnc2=O. The van der Waals surface area contributed by atoms with Gasteiger partial charge in [0.05, 0.1) is 0 Å². The van der Waals surface area contributed by atoms with Crippen molar-refractivity contribution in [3.63, 3.8) is 0 Å². The average molecular weight is 165 g/mol. The van der Waals surface area contributed by atoms with Gasteiger partial charge in [-0.3, -0.25) is 4.57 Å². The molecule has 64 valence electrons. The topological polar surface area (TPSA) is 38.1 Å². The Balaban J connectivity index is 2.59. The fourth-order valence-corrected chi connectivity index (χ4v) is 1.55. The highest BCUT2D eigenvalue weighted by atomic mass is 16.1. The Morgan fingerprint density at radius 3 is 3.08 bits per heavy atom. The first-order valence-corrected chi connectivity index (χ1v) is 4.06. The highest BCUT2D eigenvalue weighted by Crippen LogP contribution is 2.14. The second kappa shape index (κ2) is 2.62. The lowest BCUT2D eigenvalue weighted by atomic mass is 10.3. The average Bonchev–Trinajstić information content (AvgIpc) is 2.07. The molecular formula is C8H11N3O. The Morgan fingerprint density at radius 1 is 1.50 bits per heavy atom. The van der Waals surface area contributed by atoms with Crippen molar-refractivity contribution < 1.29 is 0 Å². The number of rotatable bonds is 0. The second-order valence-electron chi connectivity index (χ2n) is 3.01. The van der Waals surface area contributed by atoms with Gasteiger partial charge in [-0.25, -0.2) is 9.78 Å². The molecule has 0 aliphatic carbocycles. The molecule has 0 N–H and O–H groups in total. The van der Waals surface area contributed by atoms with Crippen LogP contribution in [0.2, 0.25) is 0 Å². The van der Waals surface area contributed by atoms with Crippen molar-refractivity contribution in [3.8, 4) is 0 Å². The minimum atomic E-state index is -0.140. The van der Waals surface area contributed by atoms with Crippen LogP contribution >= 0.6 is 0 Å². The molecule has 0 bridgehead atoms. The molecule has 1 aromatic rings. The summed E-state index contributed by atoms with van der Waals surface area (Å²) in [6.07, 6.45) is 2.59. The van der Waals surface area contributed by atoms with Crippen LogP contribution in [0.4, 0.5) is 5.82 Å². The maximum Gasteiger partial charge on any atom is 0.349 e. The summed E-state index contributed by atoms with van der Waals surface area (Å²) in [4.78, 5) is 17.0. The third-order valence-electron chi connectivity index (χ3n) is 2.18. The Kier molecular flexibility index (Phi) is 1.60. The molecule has 1 aliphatic rings. The zero-order valence-corrected chi connectivity index (χ0v) is 7.03. The molecule has 2 heterocycles. The van der Waals surface area contributed by atoms with Gasteiger partial charge < -0.3 is 4.90 Å². The van der Waals surface area contributed by atoms with E-state index in [9.17, 15) is 4.79 Å². The summed E-state index contributed by atoms with van der Waals surface area (Å²) in [5, 5.41) is 0. The van der Waals surface area contributed by atoms with Crippen molar-refractivity contribution in [1.29, 1.82) is 0 Å². The van der Waals surface area contributed by atoms with Crippen molar-refractivity contribution in [1.82, 2.24) is 9.55 Å². The number of nitrogens with zero attached hydrogens (tertiary/aromatic N) is 3. The van der Waals surface area contributed by atoms with Crippen LogP contribution in [0.1, 0.15) is 6.42 Å². The fraction of sp³-hybridized carbons (Fsp3) is 0.500. The maximum absolute atomic E-state index is 11.2. The van der Waals surface area contributed by atoms with Gasteiger partial charge >= 0.3 is 5.69 Å². The van der Waals surface area contributed by atoms with Gasteiger partial charge in [0.15, 0.2) is 0 Å². The predicted molar refractivity (Wildman–Crippen MR) is 46.4 cm³/mol. The molecule has 0 spiro atoms. The summed E-state index contributed by atoms with van der Waals surface area (Å²) >= 11 is 0. The van der Waals surface area contributed by atoms with E-state index < -0.39 is 0 Å². The largest absolute Gasteiger partial charge is 0.361 e. The van der Waals surface area contributed by atoms with Crippen molar-refractivity contribution in [2.75, 3.05) is 18.5 Å². The van der Waals surface area contributed by atoms with Gasteiger partial charge in [-0.2, -0.15) is 0 Å². The Bertz CT molecular complexity index is 344. The summed E-state index contributed by atoms with van der Waals surface area (Å²) in [6, 6.07) is 1.88. The van der Waals surface area contributed by atoms with Gasteiger partial charge in [-0.15, -0.1) is 0 Å². The highest BCUT2D eigenvalue weighted by Gasteiger charge is 2.13. The summed E-state index contributed by atoms with van der Waals surface area (Å²) in [5.41, 5.74) is -0.140. The summed E-state index contributed by atoms with van der Waals surface area (Å²) in [5.74, 6) is 0.973. The third-order valence-corrected chi connectivity index (χ3v) is 2.18. The molecule has 0 fully saturated rings. The van der Waals surface area contributed by atoms with E-state index in [0.717, 1.165) is 25.3 Å². The number of aromatic nitrogens is 2. The van der Waals surface area contributed by atoms with E-state index in [1.165, 1.54) is 0 Å². The van der Waals surface area contributed by atoms with Crippen molar-refractivity contribution in [3.05, 3.63) is 22.7 Å². The van der Waals surface area contributed by atoms with Crippen LogP contribution in [-0.2, 0) is 6.54 Å². The maximum atomic E-state index is 11.2. The van der Waals surface area contributed by atoms with Crippen molar-refractivity contribution in [2.45, 2.75) is 13.0 Å². The van der Waals surface area contributed by atoms with Crippen molar-refractivity contribution in [2.24, 2.45) is 0 Å². The van der Waals surface area contributed by atoms with Crippen LogP contribution in [0.5, 0.6) is 0 Å². The number of hydrogen-bond acceptors (Lipinski definition) is 3. The first-order valence-electron chi connectivity index (χ1n) is 4.06. The van der Waals surface area contributed by atoms with Crippen molar-refractivity contribution >= 4 is 5.82 Å². The molecular weight excluding hydrogens is 154 g/mol. The van der Waals surface area contributed by atoms with E-state index in [-0.39, 0.29) is 5.69 Å². The van der Waals surface area contributed by atoms with Crippen LogP contribution in [-0.4, -0.2) is 23.1 Å². The Labute approximate surface area is 70.5 Å². The number of hydrogen-bond donors (Lipinski definition) is 0. The van der Waals surface area contributed by atoms with Gasteiger partial charge in [0, 0.05) is 26.3 Å². The molecule has 0 saturated heterocycles. The predicted octanol–water partition coefficient (Wildman–Crippen LogP) is 0.0832. The van der Waals surface area contributed by atoms with E-state index in [2.05, 4.69) is 9.88 Å². The minimum absolute atomic E-state index is 0.140. The lowest BCUT2D eigenvalue weighted by Crippen LogP contribution is -2.35. The highest BCUT2D eigenvalue weighted by molar-refractivity contribution is 5.38. The molecule has 1 aliphatic heterocycles.